The summed E-state index contributed by atoms with van der Waals surface area (Å²) in [5, 5.41) is 23.9. The first-order valence-electron chi connectivity index (χ1n) is 16.0. The molecule has 2 bridgehead atoms. The van der Waals surface area contributed by atoms with Gasteiger partial charge in [0.2, 0.25) is 11.8 Å². The van der Waals surface area contributed by atoms with Crippen LogP contribution in [0.15, 0.2) is 29.6 Å². The molecule has 10 nitrogen and oxygen atoms in total. The number of hydrogen-bond acceptors (Lipinski definition) is 7. The number of nitrogens with zero attached hydrogens (tertiary/aromatic N) is 4. The lowest BCUT2D eigenvalue weighted by Gasteiger charge is -2.27. The van der Waals surface area contributed by atoms with E-state index in [-0.39, 0.29) is 36.9 Å². The van der Waals surface area contributed by atoms with E-state index in [1.54, 1.807) is 16.2 Å². The Balaban J connectivity index is 1.39. The van der Waals surface area contributed by atoms with Gasteiger partial charge in [-0.3, -0.25) is 24.0 Å². The minimum absolute atomic E-state index is 0.0339. The Labute approximate surface area is 263 Å². The van der Waals surface area contributed by atoms with Gasteiger partial charge in [-0.25, -0.2) is 0 Å². The van der Waals surface area contributed by atoms with E-state index >= 15 is 0 Å². The van der Waals surface area contributed by atoms with Gasteiger partial charge < -0.3 is 20.6 Å². The van der Waals surface area contributed by atoms with Crippen LogP contribution in [0.25, 0.3) is 10.1 Å². The van der Waals surface area contributed by atoms with E-state index in [4.69, 9.17) is 5.10 Å². The van der Waals surface area contributed by atoms with Crippen molar-refractivity contribution in [2.24, 2.45) is 5.92 Å². The number of amides is 3. The largest absolute Gasteiger partial charge is 0.396 e. The molecule has 3 N–H and O–H groups in total. The number of aliphatic hydroxyl groups is 1. The number of aromatic nitrogens is 2. The molecule has 3 aromatic rings. The number of rotatable bonds is 8. The summed E-state index contributed by atoms with van der Waals surface area (Å²) in [4.78, 5) is 43.9. The second-order valence-electron chi connectivity index (χ2n) is 12.5. The quantitative estimate of drug-likeness (QED) is 0.355. The van der Waals surface area contributed by atoms with Crippen LogP contribution in [0, 0.1) is 5.92 Å². The third-order valence-electron chi connectivity index (χ3n) is 8.65. The second kappa shape index (κ2) is 15.1. The minimum Gasteiger partial charge on any atom is -0.396 e. The van der Waals surface area contributed by atoms with Gasteiger partial charge in [-0.1, -0.05) is 32.0 Å². The fraction of sp³-hybridized carbons (Fsp3) is 0.576. The zero-order valence-corrected chi connectivity index (χ0v) is 26.8. The number of nitrogens with one attached hydrogen (secondary N) is 2. The first-order chi connectivity index (χ1) is 21.3. The second-order valence-corrected chi connectivity index (χ2v) is 13.4. The van der Waals surface area contributed by atoms with Gasteiger partial charge >= 0.3 is 0 Å². The lowest BCUT2D eigenvalue weighted by molar-refractivity contribution is -0.136. The molecule has 1 aliphatic carbocycles. The molecule has 11 heteroatoms. The molecule has 3 heterocycles. The summed E-state index contributed by atoms with van der Waals surface area (Å²) in [5.41, 5.74) is 3.70. The molecule has 2 aromatic heterocycles. The molecule has 238 valence electrons. The van der Waals surface area contributed by atoms with Crippen LogP contribution in [0.4, 0.5) is 0 Å². The SMILES string of the molecule is CC(C)CCn1nc2c3c1CCC(C3)NC(=O)CN(CCCO)C(=O)CCCN(Cc1csc3ccccc13)CCNC2=O. The predicted octanol–water partition coefficient (Wildman–Crippen LogP) is 3.35. The van der Waals surface area contributed by atoms with Crippen LogP contribution in [0.3, 0.4) is 0 Å². The molecule has 5 rings (SSSR count). The van der Waals surface area contributed by atoms with Gasteiger partial charge in [0.05, 0.1) is 6.54 Å². The highest BCUT2D eigenvalue weighted by Gasteiger charge is 2.30. The third kappa shape index (κ3) is 8.05. The summed E-state index contributed by atoms with van der Waals surface area (Å²) in [7, 11) is 0. The average molecular weight is 623 g/mol. The van der Waals surface area contributed by atoms with Crippen LogP contribution >= 0.6 is 11.3 Å². The van der Waals surface area contributed by atoms with E-state index in [1.165, 1.54) is 15.6 Å². The van der Waals surface area contributed by atoms with E-state index in [0.717, 1.165) is 37.1 Å². The lowest BCUT2D eigenvalue weighted by Crippen LogP contribution is -2.46. The van der Waals surface area contributed by atoms with Gasteiger partial charge in [-0.05, 0) is 73.4 Å². The fourth-order valence-electron chi connectivity index (χ4n) is 6.25. The highest BCUT2D eigenvalue weighted by atomic mass is 32.1. The highest BCUT2D eigenvalue weighted by molar-refractivity contribution is 7.17. The van der Waals surface area contributed by atoms with Gasteiger partial charge in [0.15, 0.2) is 5.69 Å². The number of benzene rings is 1. The average Bonchev–Trinajstić information content (AvgIpc) is 3.58. The van der Waals surface area contributed by atoms with E-state index in [1.807, 2.05) is 10.7 Å². The molecule has 1 atom stereocenters. The molecule has 3 amide bonds. The van der Waals surface area contributed by atoms with Gasteiger partial charge in [0.25, 0.3) is 5.91 Å². The topological polar surface area (TPSA) is 120 Å². The first-order valence-corrected chi connectivity index (χ1v) is 16.9. The molecule has 1 aromatic carbocycles. The molecule has 44 heavy (non-hydrogen) atoms. The summed E-state index contributed by atoms with van der Waals surface area (Å²) in [6.07, 6.45) is 4.36. The maximum Gasteiger partial charge on any atom is 0.272 e. The summed E-state index contributed by atoms with van der Waals surface area (Å²) in [6, 6.07) is 8.24. The monoisotopic (exact) mass is 622 g/mol. The van der Waals surface area contributed by atoms with Crippen molar-refractivity contribution in [1.29, 1.82) is 0 Å². The molecular formula is C33H46N6O4S. The summed E-state index contributed by atoms with van der Waals surface area (Å²) in [5.74, 6) is 0.0567. The van der Waals surface area contributed by atoms with Crippen LogP contribution in [0.5, 0.6) is 0 Å². The highest BCUT2D eigenvalue weighted by Crippen LogP contribution is 2.28. The lowest BCUT2D eigenvalue weighted by atomic mass is 9.91. The predicted molar refractivity (Wildman–Crippen MR) is 173 cm³/mol. The van der Waals surface area contributed by atoms with Crippen molar-refractivity contribution in [2.75, 3.05) is 39.3 Å². The molecule has 2 aliphatic rings. The Kier molecular flexibility index (Phi) is 11.1. The van der Waals surface area contributed by atoms with Gasteiger partial charge in [0, 0.05) is 67.8 Å². The van der Waals surface area contributed by atoms with Crippen LogP contribution in [0.2, 0.25) is 0 Å². The summed E-state index contributed by atoms with van der Waals surface area (Å²) < 4.78 is 3.24. The third-order valence-corrected chi connectivity index (χ3v) is 9.66. The van der Waals surface area contributed by atoms with Gasteiger partial charge in [-0.2, -0.15) is 5.10 Å². The summed E-state index contributed by atoms with van der Waals surface area (Å²) >= 11 is 1.73. The van der Waals surface area contributed by atoms with E-state index in [2.05, 4.69) is 53.0 Å². The van der Waals surface area contributed by atoms with Crippen molar-refractivity contribution < 1.29 is 19.5 Å². The van der Waals surface area contributed by atoms with Gasteiger partial charge in [-0.15, -0.1) is 11.3 Å². The standard InChI is InChI=1S/C33H46N6O4S/c1-23(2)12-16-39-28-11-10-25-19-27(28)32(36-39)33(43)34-13-17-37(20-24-22-44-29-8-4-3-7-26(24)29)14-5-9-31(42)38(15-6-18-40)21-30(41)35-25/h3-4,7-8,22-23,25,40H,5-6,9-21H2,1-2H3,(H,34,43)(H,35,41). The Bertz CT molecular complexity index is 1450. The molecule has 0 saturated carbocycles. The van der Waals surface area contributed by atoms with Gasteiger partial charge in [0.1, 0.15) is 0 Å². The van der Waals surface area contributed by atoms with E-state index in [0.29, 0.717) is 70.0 Å². The Morgan fingerprint density at radius 3 is 2.77 bits per heavy atom. The van der Waals surface area contributed by atoms with E-state index < -0.39 is 0 Å². The number of hydrogen-bond donors (Lipinski definition) is 3. The van der Waals surface area contributed by atoms with Crippen molar-refractivity contribution >= 4 is 39.1 Å². The number of carbonyl (C=O) groups is 3. The molecule has 0 spiro atoms. The van der Waals surface area contributed by atoms with Crippen molar-refractivity contribution in [1.82, 2.24) is 30.2 Å². The number of carbonyl (C=O) groups excluding carboxylic acids is 3. The minimum atomic E-state index is -0.210. The van der Waals surface area contributed by atoms with Crippen molar-refractivity contribution in [3.8, 4) is 0 Å². The van der Waals surface area contributed by atoms with Crippen LogP contribution in [0.1, 0.15) is 73.3 Å². The number of fused-ring (bicyclic) bond motifs is 2. The van der Waals surface area contributed by atoms with Crippen molar-refractivity contribution in [2.45, 2.75) is 77.9 Å². The van der Waals surface area contributed by atoms with Crippen LogP contribution in [-0.2, 0) is 35.5 Å². The maximum absolute atomic E-state index is 13.6. The Morgan fingerprint density at radius 2 is 1.95 bits per heavy atom. The maximum atomic E-state index is 13.6. The van der Waals surface area contributed by atoms with Crippen LogP contribution < -0.4 is 10.6 Å². The number of aliphatic hydroxyl groups excluding tert-OH is 1. The van der Waals surface area contributed by atoms with E-state index in [9.17, 15) is 19.5 Å². The Morgan fingerprint density at radius 1 is 1.11 bits per heavy atom. The number of thiophene rings is 1. The van der Waals surface area contributed by atoms with Crippen molar-refractivity contribution in [3.63, 3.8) is 0 Å². The van der Waals surface area contributed by atoms with Crippen LogP contribution in [-0.4, -0.2) is 87.8 Å². The van der Waals surface area contributed by atoms with Crippen molar-refractivity contribution in [3.05, 3.63) is 52.2 Å². The molecule has 0 radical (unpaired) electrons. The smallest absolute Gasteiger partial charge is 0.272 e. The normalized spacial score (nSPS) is 19.3. The number of aryl methyl sites for hydroxylation is 1. The molecule has 1 unspecified atom stereocenters. The summed E-state index contributed by atoms with van der Waals surface area (Å²) in [6.45, 7) is 7.88. The fourth-order valence-corrected chi connectivity index (χ4v) is 7.20. The Hall–Kier alpha value is -3.28. The zero-order valence-electron chi connectivity index (χ0n) is 26.0. The first kappa shape index (κ1) is 32.1. The molecule has 0 fully saturated rings. The molecule has 0 saturated heterocycles. The molecular weight excluding hydrogens is 576 g/mol. The zero-order chi connectivity index (χ0) is 31.1. The molecule has 1 aliphatic heterocycles.